The molecule has 1 amide bonds. The van der Waals surface area contributed by atoms with Gasteiger partial charge in [-0.2, -0.15) is 0 Å². The van der Waals surface area contributed by atoms with Gasteiger partial charge in [-0.25, -0.2) is 9.59 Å². The van der Waals surface area contributed by atoms with Gasteiger partial charge in [-0.1, -0.05) is 68.9 Å². The summed E-state index contributed by atoms with van der Waals surface area (Å²) in [5, 5.41) is 15.1. The average Bonchev–Trinajstić information content (AvgIpc) is 2.83. The van der Waals surface area contributed by atoms with Crippen molar-refractivity contribution in [1.82, 2.24) is 10.6 Å². The number of rotatable bonds is 8. The third-order valence-corrected chi connectivity index (χ3v) is 6.28. The molecule has 3 rings (SSSR count). The second kappa shape index (κ2) is 14.9. The number of carbonyl (C=O) groups is 2. The molecule has 7 heteroatoms. The molecule has 2 fully saturated rings. The Bertz CT molecular complexity index is 642. The number of benzene rings is 1. The summed E-state index contributed by atoms with van der Waals surface area (Å²) >= 11 is 0. The van der Waals surface area contributed by atoms with Crippen LogP contribution < -0.4 is 10.6 Å². The van der Waals surface area contributed by atoms with Crippen molar-refractivity contribution in [3.05, 3.63) is 35.9 Å². The van der Waals surface area contributed by atoms with E-state index in [4.69, 9.17) is 14.6 Å². The molecular formula is C25H40N2O5. The second-order valence-corrected chi connectivity index (χ2v) is 8.80. The maximum absolute atomic E-state index is 11.5. The van der Waals surface area contributed by atoms with Crippen molar-refractivity contribution in [1.29, 1.82) is 0 Å². The Kier molecular flexibility index (Phi) is 12.1. The van der Waals surface area contributed by atoms with Crippen LogP contribution in [0, 0.1) is 0 Å². The fraction of sp³-hybridized carbons (Fsp3) is 0.680. The SMILES string of the molecule is C1CCC(NC2CCCCC2)CC1.CO[C@H](C)[C@H](NC(=O)OCc1ccccc1)C(=O)O. The predicted molar refractivity (Wildman–Crippen MR) is 125 cm³/mol. The lowest BCUT2D eigenvalue weighted by Gasteiger charge is -2.30. The fourth-order valence-corrected chi connectivity index (χ4v) is 4.28. The van der Waals surface area contributed by atoms with E-state index in [-0.39, 0.29) is 6.61 Å². The maximum atomic E-state index is 11.5. The van der Waals surface area contributed by atoms with Crippen LogP contribution in [-0.4, -0.2) is 48.5 Å². The number of alkyl carbamates (subject to hydrolysis) is 1. The number of amides is 1. The van der Waals surface area contributed by atoms with Gasteiger partial charge in [0.2, 0.25) is 0 Å². The summed E-state index contributed by atoms with van der Waals surface area (Å²) in [6, 6.07) is 9.71. The fourth-order valence-electron chi connectivity index (χ4n) is 4.28. The Morgan fingerprint density at radius 1 is 0.969 bits per heavy atom. The third-order valence-electron chi connectivity index (χ3n) is 6.28. The lowest BCUT2D eigenvalue weighted by Crippen LogP contribution is -2.48. The van der Waals surface area contributed by atoms with E-state index >= 15 is 0 Å². The zero-order chi connectivity index (χ0) is 23.2. The number of aliphatic carboxylic acids is 1. The van der Waals surface area contributed by atoms with Crippen LogP contribution in [0.25, 0.3) is 0 Å². The van der Waals surface area contributed by atoms with Crippen molar-refractivity contribution in [2.24, 2.45) is 0 Å². The molecule has 7 nitrogen and oxygen atoms in total. The molecule has 0 bridgehead atoms. The van der Waals surface area contributed by atoms with E-state index in [1.165, 1.54) is 71.3 Å². The summed E-state index contributed by atoms with van der Waals surface area (Å²) in [4.78, 5) is 22.5. The number of carboxylic acids is 1. The summed E-state index contributed by atoms with van der Waals surface area (Å²) in [6.45, 7) is 1.64. The van der Waals surface area contributed by atoms with Crippen LogP contribution in [0.3, 0.4) is 0 Å². The summed E-state index contributed by atoms with van der Waals surface area (Å²) < 4.78 is 9.82. The van der Waals surface area contributed by atoms with Crippen LogP contribution in [-0.2, 0) is 20.9 Å². The molecular weight excluding hydrogens is 408 g/mol. The first-order chi connectivity index (χ1) is 15.5. The molecule has 0 saturated heterocycles. The minimum absolute atomic E-state index is 0.0837. The van der Waals surface area contributed by atoms with Crippen LogP contribution in [0.5, 0.6) is 0 Å². The summed E-state index contributed by atoms with van der Waals surface area (Å²) in [6.07, 6.45) is 13.1. The van der Waals surface area contributed by atoms with Crippen LogP contribution in [0.15, 0.2) is 30.3 Å². The number of methoxy groups -OCH3 is 1. The Morgan fingerprint density at radius 3 is 1.97 bits per heavy atom. The number of hydrogen-bond donors (Lipinski definition) is 3. The zero-order valence-electron chi connectivity index (χ0n) is 19.6. The van der Waals surface area contributed by atoms with Crippen molar-refractivity contribution >= 4 is 12.1 Å². The molecule has 32 heavy (non-hydrogen) atoms. The van der Waals surface area contributed by atoms with Gasteiger partial charge in [0.25, 0.3) is 0 Å². The number of carbonyl (C=O) groups excluding carboxylic acids is 1. The summed E-state index contributed by atoms with van der Waals surface area (Å²) in [7, 11) is 1.37. The highest BCUT2D eigenvalue weighted by Gasteiger charge is 2.27. The van der Waals surface area contributed by atoms with Crippen molar-refractivity contribution in [3.63, 3.8) is 0 Å². The first kappa shape index (κ1) is 26.1. The first-order valence-corrected chi connectivity index (χ1v) is 12.0. The first-order valence-electron chi connectivity index (χ1n) is 12.0. The van der Waals surface area contributed by atoms with Crippen LogP contribution in [0.2, 0.25) is 0 Å². The summed E-state index contributed by atoms with van der Waals surface area (Å²) in [5.41, 5.74) is 0.823. The minimum atomic E-state index is -1.17. The number of hydrogen-bond acceptors (Lipinski definition) is 5. The molecule has 2 atom stereocenters. The molecule has 2 aliphatic rings. The number of nitrogens with one attached hydrogen (secondary N) is 2. The van der Waals surface area contributed by atoms with E-state index in [1.807, 2.05) is 18.2 Å². The Hall–Kier alpha value is -2.12. The van der Waals surface area contributed by atoms with Gasteiger partial charge in [-0.05, 0) is 38.2 Å². The molecule has 0 radical (unpaired) electrons. The molecule has 0 spiro atoms. The van der Waals surface area contributed by atoms with Crippen LogP contribution >= 0.6 is 0 Å². The van der Waals surface area contributed by atoms with Gasteiger partial charge in [0, 0.05) is 19.2 Å². The van der Waals surface area contributed by atoms with Crippen molar-refractivity contribution in [2.75, 3.05) is 7.11 Å². The molecule has 1 aromatic carbocycles. The topological polar surface area (TPSA) is 96.9 Å². The predicted octanol–water partition coefficient (Wildman–Crippen LogP) is 4.64. The van der Waals surface area contributed by atoms with Gasteiger partial charge >= 0.3 is 12.1 Å². The van der Waals surface area contributed by atoms with E-state index in [0.717, 1.165) is 17.6 Å². The molecule has 0 unspecified atom stereocenters. The molecule has 3 N–H and O–H groups in total. The van der Waals surface area contributed by atoms with Crippen LogP contribution in [0.4, 0.5) is 4.79 Å². The second-order valence-electron chi connectivity index (χ2n) is 8.80. The molecule has 0 heterocycles. The highest BCUT2D eigenvalue weighted by Crippen LogP contribution is 2.22. The Labute approximate surface area is 192 Å². The summed E-state index contributed by atoms with van der Waals surface area (Å²) in [5.74, 6) is -1.17. The Balaban J connectivity index is 0.000000242. The van der Waals surface area contributed by atoms with Gasteiger partial charge in [0.1, 0.15) is 6.61 Å². The molecule has 0 aromatic heterocycles. The zero-order valence-corrected chi connectivity index (χ0v) is 19.6. The van der Waals surface area contributed by atoms with Gasteiger partial charge in [0.15, 0.2) is 6.04 Å². The van der Waals surface area contributed by atoms with Gasteiger partial charge in [-0.3, -0.25) is 0 Å². The van der Waals surface area contributed by atoms with Crippen molar-refractivity contribution in [3.8, 4) is 0 Å². The normalized spacial score (nSPS) is 19.2. The molecule has 1 aromatic rings. The van der Waals surface area contributed by atoms with E-state index in [0.29, 0.717) is 0 Å². The Morgan fingerprint density at radius 2 is 1.50 bits per heavy atom. The third kappa shape index (κ3) is 10.0. The van der Waals surface area contributed by atoms with E-state index in [9.17, 15) is 9.59 Å². The van der Waals surface area contributed by atoms with Crippen LogP contribution in [0.1, 0.15) is 76.7 Å². The van der Waals surface area contributed by atoms with E-state index in [1.54, 1.807) is 19.1 Å². The quantitative estimate of drug-likeness (QED) is 0.536. The van der Waals surface area contributed by atoms with Crippen molar-refractivity contribution < 1.29 is 24.2 Å². The largest absolute Gasteiger partial charge is 0.480 e. The maximum Gasteiger partial charge on any atom is 0.408 e. The highest BCUT2D eigenvalue weighted by atomic mass is 16.5. The molecule has 2 aliphatic carbocycles. The van der Waals surface area contributed by atoms with E-state index in [2.05, 4.69) is 10.6 Å². The monoisotopic (exact) mass is 448 g/mol. The minimum Gasteiger partial charge on any atom is -0.480 e. The molecule has 0 aliphatic heterocycles. The molecule has 2 saturated carbocycles. The number of carboxylic acid groups (broad SMARTS) is 1. The van der Waals surface area contributed by atoms with Crippen molar-refractivity contribution in [2.45, 2.75) is 102 Å². The van der Waals surface area contributed by atoms with Gasteiger partial charge in [0.05, 0.1) is 6.10 Å². The van der Waals surface area contributed by atoms with Gasteiger partial charge in [-0.15, -0.1) is 0 Å². The lowest BCUT2D eigenvalue weighted by molar-refractivity contribution is -0.142. The van der Waals surface area contributed by atoms with Gasteiger partial charge < -0.3 is 25.2 Å². The average molecular weight is 449 g/mol. The number of ether oxygens (including phenoxy) is 2. The highest BCUT2D eigenvalue weighted by molar-refractivity contribution is 5.80. The molecule has 180 valence electrons. The lowest BCUT2D eigenvalue weighted by atomic mass is 9.91. The van der Waals surface area contributed by atoms with E-state index < -0.39 is 24.2 Å². The smallest absolute Gasteiger partial charge is 0.408 e. The standard InChI is InChI=1S/C13H17NO5.C12H23N/c1-9(18-2)11(12(15)16)14-13(17)19-8-10-6-4-3-5-7-10;1-3-7-11(8-4-1)13-12-9-5-2-6-10-12/h3-7,9,11H,8H2,1-2H3,(H,14,17)(H,15,16);11-13H,1-10H2/t9-,11+;/m1./s1.